The minimum Gasteiger partial charge on any atom is -0.355 e. The van der Waals surface area contributed by atoms with Crippen molar-refractivity contribution in [3.05, 3.63) is 0 Å². The monoisotopic (exact) mass is 243 g/mol. The number of hydrogen-bond acceptors (Lipinski definition) is 3. The maximum absolute atomic E-state index is 11.9. The molecule has 5 heteroatoms. The Morgan fingerprint density at radius 1 is 1.18 bits per heavy atom. The summed E-state index contributed by atoms with van der Waals surface area (Å²) in [6.07, 6.45) is 0. The molecule has 3 N–H and O–H groups in total. The van der Waals surface area contributed by atoms with Gasteiger partial charge in [0.1, 0.15) is 6.04 Å². The molecule has 0 aromatic carbocycles. The first-order valence-electron chi connectivity index (χ1n) is 5.99. The Labute approximate surface area is 104 Å². The summed E-state index contributed by atoms with van der Waals surface area (Å²) < 4.78 is 0. The van der Waals surface area contributed by atoms with E-state index in [0.29, 0.717) is 6.54 Å². The van der Waals surface area contributed by atoms with Crippen LogP contribution in [0.2, 0.25) is 0 Å². The molecular weight excluding hydrogens is 218 g/mol. The van der Waals surface area contributed by atoms with Gasteiger partial charge in [0.15, 0.2) is 0 Å². The van der Waals surface area contributed by atoms with Crippen LogP contribution in [0.25, 0.3) is 0 Å². The van der Waals surface area contributed by atoms with Crippen molar-refractivity contribution in [2.45, 2.75) is 46.7 Å². The summed E-state index contributed by atoms with van der Waals surface area (Å²) in [4.78, 5) is 23.7. The molecule has 0 aromatic rings. The van der Waals surface area contributed by atoms with Gasteiger partial charge in [0, 0.05) is 6.54 Å². The van der Waals surface area contributed by atoms with Crippen LogP contribution in [-0.2, 0) is 9.59 Å². The maximum atomic E-state index is 11.9. The molecule has 0 saturated carbocycles. The first-order chi connectivity index (χ1) is 7.73. The number of nitrogens with one attached hydrogen (secondary N) is 3. The molecule has 100 valence electrons. The van der Waals surface area contributed by atoms with Gasteiger partial charge in [-0.15, -0.1) is 0 Å². The fraction of sp³-hybridized carbons (Fsp3) is 0.833. The van der Waals surface area contributed by atoms with Gasteiger partial charge in [-0.2, -0.15) is 0 Å². The third-order valence-electron chi connectivity index (χ3n) is 2.59. The SMILES string of the molecule is CCNC(=O)C(NC(=O)C(C)NC)C(C)(C)C. The Hall–Kier alpha value is -1.10. The molecule has 0 aromatic heterocycles. The van der Waals surface area contributed by atoms with Gasteiger partial charge in [0.2, 0.25) is 11.8 Å². The van der Waals surface area contributed by atoms with Crippen LogP contribution in [0.5, 0.6) is 0 Å². The van der Waals surface area contributed by atoms with E-state index in [1.165, 1.54) is 0 Å². The van der Waals surface area contributed by atoms with E-state index >= 15 is 0 Å². The van der Waals surface area contributed by atoms with Crippen LogP contribution in [0.3, 0.4) is 0 Å². The van der Waals surface area contributed by atoms with Crippen molar-refractivity contribution in [2.24, 2.45) is 5.41 Å². The second kappa shape index (κ2) is 6.59. The molecule has 0 radical (unpaired) electrons. The molecule has 0 fully saturated rings. The van der Waals surface area contributed by atoms with Gasteiger partial charge in [0.05, 0.1) is 6.04 Å². The summed E-state index contributed by atoms with van der Waals surface area (Å²) in [6, 6.07) is -0.833. The minimum atomic E-state index is -0.522. The lowest BCUT2D eigenvalue weighted by Gasteiger charge is -2.31. The van der Waals surface area contributed by atoms with Crippen molar-refractivity contribution in [2.75, 3.05) is 13.6 Å². The summed E-state index contributed by atoms with van der Waals surface area (Å²) in [6.45, 7) is 9.96. The zero-order valence-corrected chi connectivity index (χ0v) is 11.7. The molecule has 2 unspecified atom stereocenters. The summed E-state index contributed by atoms with van der Waals surface area (Å²) in [5.74, 6) is -0.310. The van der Waals surface area contributed by atoms with E-state index in [1.807, 2.05) is 27.7 Å². The molecule has 2 atom stereocenters. The molecule has 5 nitrogen and oxygen atoms in total. The topological polar surface area (TPSA) is 70.2 Å². The molecule has 2 amide bonds. The quantitative estimate of drug-likeness (QED) is 0.649. The fourth-order valence-electron chi connectivity index (χ4n) is 1.35. The number of likely N-dealkylation sites (N-methyl/N-ethyl adjacent to an activating group) is 2. The Kier molecular flexibility index (Phi) is 6.16. The van der Waals surface area contributed by atoms with Gasteiger partial charge < -0.3 is 16.0 Å². The van der Waals surface area contributed by atoms with Gasteiger partial charge in [0.25, 0.3) is 0 Å². The van der Waals surface area contributed by atoms with Crippen molar-refractivity contribution in [3.63, 3.8) is 0 Å². The van der Waals surface area contributed by atoms with Crippen molar-refractivity contribution in [1.29, 1.82) is 0 Å². The minimum absolute atomic E-state index is 0.142. The molecule has 0 aliphatic carbocycles. The van der Waals surface area contributed by atoms with Crippen molar-refractivity contribution in [3.8, 4) is 0 Å². The Balaban J connectivity index is 4.73. The van der Waals surface area contributed by atoms with E-state index in [1.54, 1.807) is 14.0 Å². The highest BCUT2D eigenvalue weighted by atomic mass is 16.2. The first-order valence-corrected chi connectivity index (χ1v) is 5.99. The predicted octanol–water partition coefficient (Wildman–Crippen LogP) is 0.261. The van der Waals surface area contributed by atoms with E-state index in [0.717, 1.165) is 0 Å². The van der Waals surface area contributed by atoms with E-state index in [4.69, 9.17) is 0 Å². The van der Waals surface area contributed by atoms with Crippen molar-refractivity contribution >= 4 is 11.8 Å². The smallest absolute Gasteiger partial charge is 0.243 e. The van der Waals surface area contributed by atoms with Gasteiger partial charge in [-0.3, -0.25) is 9.59 Å². The first kappa shape index (κ1) is 15.9. The molecule has 0 aliphatic heterocycles. The summed E-state index contributed by atoms with van der Waals surface area (Å²) in [5, 5.41) is 8.37. The third-order valence-corrected chi connectivity index (χ3v) is 2.59. The zero-order valence-electron chi connectivity index (χ0n) is 11.7. The molecule has 17 heavy (non-hydrogen) atoms. The average Bonchev–Trinajstić information content (AvgIpc) is 2.22. The third kappa shape index (κ3) is 5.17. The van der Waals surface area contributed by atoms with E-state index in [2.05, 4.69) is 16.0 Å². The highest BCUT2D eigenvalue weighted by molar-refractivity contribution is 5.90. The number of hydrogen-bond donors (Lipinski definition) is 3. The van der Waals surface area contributed by atoms with Crippen molar-refractivity contribution < 1.29 is 9.59 Å². The van der Waals surface area contributed by atoms with Gasteiger partial charge in [-0.25, -0.2) is 0 Å². The van der Waals surface area contributed by atoms with Crippen LogP contribution in [0.1, 0.15) is 34.6 Å². The van der Waals surface area contributed by atoms with E-state index in [-0.39, 0.29) is 23.3 Å². The Bertz CT molecular complexity index is 271. The lowest BCUT2D eigenvalue weighted by molar-refractivity contribution is -0.132. The highest BCUT2D eigenvalue weighted by Crippen LogP contribution is 2.19. The van der Waals surface area contributed by atoms with Gasteiger partial charge in [-0.1, -0.05) is 20.8 Å². The summed E-state index contributed by atoms with van der Waals surface area (Å²) >= 11 is 0. The number of rotatable bonds is 5. The molecule has 0 heterocycles. The van der Waals surface area contributed by atoms with E-state index < -0.39 is 6.04 Å². The summed E-state index contributed by atoms with van der Waals surface area (Å²) in [5.41, 5.74) is -0.317. The molecule has 0 bridgehead atoms. The summed E-state index contributed by atoms with van der Waals surface area (Å²) in [7, 11) is 1.71. The van der Waals surface area contributed by atoms with Crippen LogP contribution < -0.4 is 16.0 Å². The van der Waals surface area contributed by atoms with Crippen LogP contribution in [0, 0.1) is 5.41 Å². The number of carbonyl (C=O) groups is 2. The average molecular weight is 243 g/mol. The Morgan fingerprint density at radius 3 is 2.06 bits per heavy atom. The number of amides is 2. The zero-order chi connectivity index (χ0) is 13.6. The van der Waals surface area contributed by atoms with Gasteiger partial charge in [-0.05, 0) is 26.3 Å². The largest absolute Gasteiger partial charge is 0.355 e. The lowest BCUT2D eigenvalue weighted by atomic mass is 9.86. The van der Waals surface area contributed by atoms with Crippen LogP contribution in [0.15, 0.2) is 0 Å². The highest BCUT2D eigenvalue weighted by Gasteiger charge is 2.33. The molecular formula is C12H25N3O2. The molecule has 0 spiro atoms. The second-order valence-electron chi connectivity index (χ2n) is 5.21. The Morgan fingerprint density at radius 2 is 1.71 bits per heavy atom. The second-order valence-corrected chi connectivity index (χ2v) is 5.21. The number of carbonyl (C=O) groups excluding carboxylic acids is 2. The molecule has 0 aliphatic rings. The molecule has 0 saturated heterocycles. The van der Waals surface area contributed by atoms with Crippen LogP contribution in [-0.4, -0.2) is 37.5 Å². The maximum Gasteiger partial charge on any atom is 0.243 e. The lowest BCUT2D eigenvalue weighted by Crippen LogP contribution is -2.56. The van der Waals surface area contributed by atoms with E-state index in [9.17, 15) is 9.59 Å². The van der Waals surface area contributed by atoms with Crippen molar-refractivity contribution in [1.82, 2.24) is 16.0 Å². The normalized spacial score (nSPS) is 14.9. The standard InChI is InChI=1S/C12H25N3O2/c1-7-14-11(17)9(12(3,4)5)15-10(16)8(2)13-6/h8-9,13H,7H2,1-6H3,(H,14,17)(H,15,16). The predicted molar refractivity (Wildman–Crippen MR) is 68.6 cm³/mol. The fourth-order valence-corrected chi connectivity index (χ4v) is 1.35. The van der Waals surface area contributed by atoms with Crippen LogP contribution in [0.4, 0.5) is 0 Å². The van der Waals surface area contributed by atoms with Gasteiger partial charge >= 0.3 is 0 Å². The molecule has 0 rings (SSSR count). The van der Waals surface area contributed by atoms with Crippen LogP contribution >= 0.6 is 0 Å².